The first-order valence-electron chi connectivity index (χ1n) is 7.00. The Hall–Kier alpha value is -2.54. The molecule has 2 aromatic carbocycles. The molecule has 2 aromatic rings. The highest BCUT2D eigenvalue weighted by atomic mass is 32.2. The van der Waals surface area contributed by atoms with Crippen LogP contribution in [0.4, 0.5) is 17.1 Å². The van der Waals surface area contributed by atoms with Crippen LogP contribution in [-0.2, 0) is 14.8 Å². The third kappa shape index (κ3) is 5.00. The van der Waals surface area contributed by atoms with Gasteiger partial charge in [0.25, 0.3) is 0 Å². The number of esters is 1. The van der Waals surface area contributed by atoms with E-state index >= 15 is 0 Å². The quantitative estimate of drug-likeness (QED) is 0.793. The van der Waals surface area contributed by atoms with Crippen LogP contribution in [0.25, 0.3) is 0 Å². The number of nitrogens with one attached hydrogen (secondary N) is 2. The van der Waals surface area contributed by atoms with Crippen LogP contribution >= 0.6 is 0 Å². The summed E-state index contributed by atoms with van der Waals surface area (Å²) in [7, 11) is -3.30. The van der Waals surface area contributed by atoms with Crippen molar-refractivity contribution in [1.29, 1.82) is 0 Å². The van der Waals surface area contributed by atoms with E-state index in [4.69, 9.17) is 4.74 Å². The van der Waals surface area contributed by atoms with Gasteiger partial charge in [-0.15, -0.1) is 0 Å². The van der Waals surface area contributed by atoms with Crippen molar-refractivity contribution >= 4 is 33.1 Å². The molecule has 7 heteroatoms. The van der Waals surface area contributed by atoms with Gasteiger partial charge in [-0.05, 0) is 43.3 Å². The maximum Gasteiger partial charge on any atom is 0.340 e. The molecule has 0 aromatic heterocycles. The molecule has 0 saturated carbocycles. The van der Waals surface area contributed by atoms with Crippen molar-refractivity contribution in [3.05, 3.63) is 54.1 Å². The minimum absolute atomic E-state index is 0.305. The second kappa shape index (κ2) is 7.15. The molecule has 0 aliphatic heterocycles. The summed E-state index contributed by atoms with van der Waals surface area (Å²) in [6.07, 6.45) is 1.09. The van der Waals surface area contributed by atoms with Crippen LogP contribution in [0.2, 0.25) is 0 Å². The van der Waals surface area contributed by atoms with Gasteiger partial charge in [0.15, 0.2) is 0 Å². The van der Waals surface area contributed by atoms with Gasteiger partial charge < -0.3 is 10.1 Å². The van der Waals surface area contributed by atoms with Crippen molar-refractivity contribution in [3.63, 3.8) is 0 Å². The summed E-state index contributed by atoms with van der Waals surface area (Å²) in [5.74, 6) is -0.397. The van der Waals surface area contributed by atoms with E-state index in [9.17, 15) is 13.2 Å². The van der Waals surface area contributed by atoms with Crippen molar-refractivity contribution in [2.45, 2.75) is 6.92 Å². The number of anilines is 3. The Kier molecular flexibility index (Phi) is 5.23. The summed E-state index contributed by atoms with van der Waals surface area (Å²) in [5, 5.41) is 3.12. The Bertz CT molecular complexity index is 786. The Morgan fingerprint density at radius 1 is 1.04 bits per heavy atom. The van der Waals surface area contributed by atoms with Gasteiger partial charge in [-0.2, -0.15) is 0 Å². The Morgan fingerprint density at radius 2 is 1.65 bits per heavy atom. The standard InChI is InChI=1S/C16H18N2O4S/c1-3-22-16(19)14-6-4-5-7-15(14)17-12-8-10-13(11-9-12)18-23(2,20)21/h4-11,17-18H,3H2,1-2H3. The SMILES string of the molecule is CCOC(=O)c1ccccc1Nc1ccc(NS(C)(=O)=O)cc1. The predicted molar refractivity (Wildman–Crippen MR) is 90.6 cm³/mol. The predicted octanol–water partition coefficient (Wildman–Crippen LogP) is 2.98. The number of rotatable bonds is 6. The van der Waals surface area contributed by atoms with Gasteiger partial charge in [-0.1, -0.05) is 12.1 Å². The van der Waals surface area contributed by atoms with Crippen LogP contribution in [-0.4, -0.2) is 27.2 Å². The highest BCUT2D eigenvalue weighted by molar-refractivity contribution is 7.92. The summed E-state index contributed by atoms with van der Waals surface area (Å²) < 4.78 is 29.8. The Morgan fingerprint density at radius 3 is 2.26 bits per heavy atom. The van der Waals surface area contributed by atoms with Gasteiger partial charge >= 0.3 is 5.97 Å². The maximum absolute atomic E-state index is 11.9. The third-order valence-corrected chi connectivity index (χ3v) is 3.50. The largest absolute Gasteiger partial charge is 0.462 e. The number of hydrogen-bond acceptors (Lipinski definition) is 5. The summed E-state index contributed by atoms with van der Waals surface area (Å²) in [6.45, 7) is 2.06. The molecule has 0 fully saturated rings. The Balaban J connectivity index is 2.18. The molecule has 0 aliphatic carbocycles. The number of carbonyl (C=O) groups is 1. The molecule has 0 spiro atoms. The van der Waals surface area contributed by atoms with Crippen molar-refractivity contribution < 1.29 is 17.9 Å². The van der Waals surface area contributed by atoms with Crippen molar-refractivity contribution in [3.8, 4) is 0 Å². The van der Waals surface area contributed by atoms with Gasteiger partial charge in [0.1, 0.15) is 0 Å². The number of hydrogen-bond donors (Lipinski definition) is 2. The minimum Gasteiger partial charge on any atom is -0.462 e. The van der Waals surface area contributed by atoms with Gasteiger partial charge in [0, 0.05) is 11.4 Å². The van der Waals surface area contributed by atoms with E-state index < -0.39 is 16.0 Å². The smallest absolute Gasteiger partial charge is 0.340 e. The first kappa shape index (κ1) is 16.8. The molecule has 122 valence electrons. The fourth-order valence-corrected chi connectivity index (χ4v) is 2.53. The first-order chi connectivity index (χ1) is 10.9. The molecule has 2 N–H and O–H groups in total. The van der Waals surface area contributed by atoms with E-state index in [1.165, 1.54) is 0 Å². The van der Waals surface area contributed by atoms with Crippen LogP contribution < -0.4 is 10.0 Å². The van der Waals surface area contributed by atoms with Crippen LogP contribution in [0, 0.1) is 0 Å². The summed E-state index contributed by atoms with van der Waals surface area (Å²) in [5.41, 5.74) is 2.25. The number of ether oxygens (including phenoxy) is 1. The van der Waals surface area contributed by atoms with Crippen LogP contribution in [0.3, 0.4) is 0 Å². The molecule has 23 heavy (non-hydrogen) atoms. The summed E-state index contributed by atoms with van der Waals surface area (Å²) in [4.78, 5) is 11.9. The van der Waals surface area contributed by atoms with Crippen LogP contribution in [0.1, 0.15) is 17.3 Å². The van der Waals surface area contributed by atoms with Crippen molar-refractivity contribution in [1.82, 2.24) is 0 Å². The van der Waals surface area contributed by atoms with Crippen molar-refractivity contribution in [2.24, 2.45) is 0 Å². The molecule has 2 rings (SSSR count). The molecule has 0 saturated heterocycles. The molecular formula is C16H18N2O4S. The highest BCUT2D eigenvalue weighted by Crippen LogP contribution is 2.23. The molecule has 0 radical (unpaired) electrons. The second-order valence-corrected chi connectivity index (χ2v) is 6.59. The van der Waals surface area contributed by atoms with E-state index in [0.29, 0.717) is 23.5 Å². The number of benzene rings is 2. The minimum atomic E-state index is -3.30. The zero-order chi connectivity index (χ0) is 16.9. The second-order valence-electron chi connectivity index (χ2n) is 4.84. The fourth-order valence-electron chi connectivity index (χ4n) is 1.97. The topological polar surface area (TPSA) is 84.5 Å². The van der Waals surface area contributed by atoms with E-state index in [1.807, 2.05) is 6.07 Å². The monoisotopic (exact) mass is 334 g/mol. The van der Waals surface area contributed by atoms with Crippen molar-refractivity contribution in [2.75, 3.05) is 22.9 Å². The van der Waals surface area contributed by atoms with E-state index in [2.05, 4.69) is 10.0 Å². The lowest BCUT2D eigenvalue weighted by atomic mass is 10.1. The van der Waals surface area contributed by atoms with Crippen LogP contribution in [0.15, 0.2) is 48.5 Å². The number of para-hydroxylation sites is 1. The number of sulfonamides is 1. The molecule has 0 aliphatic rings. The van der Waals surface area contributed by atoms with Gasteiger partial charge in [-0.25, -0.2) is 13.2 Å². The molecular weight excluding hydrogens is 316 g/mol. The summed E-state index contributed by atoms with van der Waals surface area (Å²) >= 11 is 0. The maximum atomic E-state index is 11.9. The average Bonchev–Trinajstić information content (AvgIpc) is 2.48. The van der Waals surface area contributed by atoms with Crippen LogP contribution in [0.5, 0.6) is 0 Å². The molecule has 6 nitrogen and oxygen atoms in total. The molecule has 0 bridgehead atoms. The number of carbonyl (C=O) groups excluding carboxylic acids is 1. The average molecular weight is 334 g/mol. The molecule has 0 atom stereocenters. The lowest BCUT2D eigenvalue weighted by Gasteiger charge is -2.12. The molecule has 0 unspecified atom stereocenters. The van der Waals surface area contributed by atoms with Gasteiger partial charge in [0.05, 0.1) is 24.1 Å². The zero-order valence-electron chi connectivity index (χ0n) is 12.9. The lowest BCUT2D eigenvalue weighted by molar-refractivity contribution is 0.0527. The van der Waals surface area contributed by atoms with E-state index in [-0.39, 0.29) is 0 Å². The fraction of sp³-hybridized carbons (Fsp3) is 0.188. The van der Waals surface area contributed by atoms with Gasteiger partial charge in [0.2, 0.25) is 10.0 Å². The summed E-state index contributed by atoms with van der Waals surface area (Å²) in [6, 6.07) is 13.7. The van der Waals surface area contributed by atoms with E-state index in [0.717, 1.165) is 11.9 Å². The Labute approximate surface area is 135 Å². The lowest BCUT2D eigenvalue weighted by Crippen LogP contribution is -2.09. The molecule has 0 heterocycles. The van der Waals surface area contributed by atoms with E-state index in [1.54, 1.807) is 49.4 Å². The zero-order valence-corrected chi connectivity index (χ0v) is 13.7. The molecule has 0 amide bonds. The first-order valence-corrected chi connectivity index (χ1v) is 8.89. The highest BCUT2D eigenvalue weighted by Gasteiger charge is 2.11. The normalized spacial score (nSPS) is 10.9. The van der Waals surface area contributed by atoms with Gasteiger partial charge in [-0.3, -0.25) is 4.72 Å². The third-order valence-electron chi connectivity index (χ3n) is 2.89.